The number of ether oxygens (including phenoxy) is 3. The van der Waals surface area contributed by atoms with E-state index < -0.39 is 27.3 Å². The largest absolute Gasteiger partial charge is 0.487 e. The summed E-state index contributed by atoms with van der Waals surface area (Å²) in [7, 11) is -3.92. The van der Waals surface area contributed by atoms with E-state index >= 15 is 0 Å². The highest BCUT2D eigenvalue weighted by Crippen LogP contribution is 2.46. The van der Waals surface area contributed by atoms with Crippen molar-refractivity contribution in [2.75, 3.05) is 31.2 Å². The molecule has 1 aliphatic carbocycles. The number of aliphatic hydroxyl groups is 1. The third-order valence-corrected chi connectivity index (χ3v) is 12.8. The first-order chi connectivity index (χ1) is 22.1. The summed E-state index contributed by atoms with van der Waals surface area (Å²) in [6, 6.07) is 11.2. The summed E-state index contributed by atoms with van der Waals surface area (Å²) in [6.45, 7) is 6.04. The minimum absolute atomic E-state index is 0.142. The lowest BCUT2D eigenvalue weighted by atomic mass is 9.65. The van der Waals surface area contributed by atoms with Crippen LogP contribution in [-0.2, 0) is 32.5 Å². The highest BCUT2D eigenvalue weighted by Gasteiger charge is 2.43. The number of benzene rings is 2. The summed E-state index contributed by atoms with van der Waals surface area (Å²) < 4.78 is 47.7. The van der Waals surface area contributed by atoms with Crippen molar-refractivity contribution in [3.8, 4) is 5.75 Å². The summed E-state index contributed by atoms with van der Waals surface area (Å²) in [5.74, 6) is 0.776. The maximum absolute atomic E-state index is 13.5. The van der Waals surface area contributed by atoms with E-state index in [1.165, 1.54) is 5.56 Å². The third-order valence-electron chi connectivity index (χ3n) is 10.7. The van der Waals surface area contributed by atoms with Gasteiger partial charge in [0.2, 0.25) is 10.0 Å². The minimum atomic E-state index is -3.92. The number of hydrogen-bond acceptors (Lipinski definition) is 8. The molecule has 3 aliphatic heterocycles. The Labute approximate surface area is 278 Å². The number of sulfonamides is 1. The molecule has 2 fully saturated rings. The van der Waals surface area contributed by atoms with E-state index in [-0.39, 0.29) is 36.9 Å². The molecular formula is C35H47ClN2O7S. The molecule has 2 aromatic rings. The molecule has 0 aromatic heterocycles. The lowest BCUT2D eigenvalue weighted by Crippen LogP contribution is -2.48. The first kappa shape index (κ1) is 33.5. The van der Waals surface area contributed by atoms with Gasteiger partial charge in [0.1, 0.15) is 18.5 Å². The van der Waals surface area contributed by atoms with Gasteiger partial charge in [-0.3, -0.25) is 4.79 Å². The van der Waals surface area contributed by atoms with Crippen molar-refractivity contribution in [1.82, 2.24) is 4.72 Å². The zero-order valence-corrected chi connectivity index (χ0v) is 28.4. The van der Waals surface area contributed by atoms with Crippen LogP contribution in [0.25, 0.3) is 0 Å². The van der Waals surface area contributed by atoms with Crippen molar-refractivity contribution in [2.45, 2.75) is 89.5 Å². The normalized spacial score (nSPS) is 32.4. The molecule has 6 rings (SSSR count). The number of carbonyl (C=O) groups excluding carboxylic acids is 1. The Bertz CT molecular complexity index is 1500. The topological polar surface area (TPSA) is 114 Å². The van der Waals surface area contributed by atoms with Gasteiger partial charge in [-0.1, -0.05) is 31.0 Å². The molecule has 2 aromatic carbocycles. The smallest absolute Gasteiger partial charge is 0.264 e. The number of hydrogen-bond donors (Lipinski definition) is 2. The number of carbonyl (C=O) groups is 1. The summed E-state index contributed by atoms with van der Waals surface area (Å²) in [4.78, 5) is 15.8. The second-order valence-electron chi connectivity index (χ2n) is 13.7. The fraction of sp³-hybridized carbons (Fsp3) is 0.629. The molecule has 46 heavy (non-hydrogen) atoms. The van der Waals surface area contributed by atoms with Crippen molar-refractivity contribution >= 4 is 33.2 Å². The van der Waals surface area contributed by atoms with Gasteiger partial charge in [0.15, 0.2) is 6.29 Å². The Hall–Kier alpha value is -2.37. The molecule has 2 N–H and O–H groups in total. The van der Waals surface area contributed by atoms with Crippen LogP contribution < -0.4 is 14.4 Å². The molecular weight excluding hydrogens is 628 g/mol. The molecule has 1 amide bonds. The molecule has 2 bridgehead atoms. The van der Waals surface area contributed by atoms with Gasteiger partial charge in [-0.15, -0.1) is 0 Å². The highest BCUT2D eigenvalue weighted by molar-refractivity contribution is 7.90. The average Bonchev–Trinajstić information content (AvgIpc) is 3.05. The van der Waals surface area contributed by atoms with Crippen LogP contribution in [0.2, 0.25) is 5.02 Å². The number of fused-ring (bicyclic) bond motifs is 3. The molecule has 252 valence electrons. The molecule has 1 saturated heterocycles. The number of amides is 1. The van der Waals surface area contributed by atoms with Gasteiger partial charge in [0.25, 0.3) is 5.91 Å². The molecule has 9 nitrogen and oxygen atoms in total. The molecule has 0 spiro atoms. The van der Waals surface area contributed by atoms with E-state index in [4.69, 9.17) is 25.8 Å². The van der Waals surface area contributed by atoms with Gasteiger partial charge in [0.05, 0.1) is 24.2 Å². The average molecular weight is 675 g/mol. The van der Waals surface area contributed by atoms with Crippen molar-refractivity contribution in [3.05, 3.63) is 58.1 Å². The van der Waals surface area contributed by atoms with Crippen LogP contribution in [0.4, 0.5) is 5.69 Å². The van der Waals surface area contributed by atoms with Crippen LogP contribution in [0.5, 0.6) is 5.75 Å². The number of halogens is 1. The van der Waals surface area contributed by atoms with Crippen molar-refractivity contribution < 1.29 is 32.5 Å². The predicted molar refractivity (Wildman–Crippen MR) is 178 cm³/mol. The van der Waals surface area contributed by atoms with E-state index in [0.29, 0.717) is 35.6 Å². The second-order valence-corrected chi connectivity index (χ2v) is 16.2. The number of aliphatic hydroxyl groups excluding tert-OH is 1. The minimum Gasteiger partial charge on any atom is -0.487 e. The monoisotopic (exact) mass is 674 g/mol. The molecule has 3 heterocycles. The van der Waals surface area contributed by atoms with Crippen molar-refractivity contribution in [3.63, 3.8) is 0 Å². The highest BCUT2D eigenvalue weighted by atomic mass is 35.5. The Morgan fingerprint density at radius 1 is 0.935 bits per heavy atom. The van der Waals surface area contributed by atoms with Crippen molar-refractivity contribution in [1.29, 1.82) is 0 Å². The Morgan fingerprint density at radius 2 is 1.74 bits per heavy atom. The number of nitrogens with one attached hydrogen (secondary N) is 1. The third kappa shape index (κ3) is 7.51. The second kappa shape index (κ2) is 14.4. The number of nitrogens with zero attached hydrogens (tertiary/aromatic N) is 1. The molecule has 5 atom stereocenters. The molecule has 0 unspecified atom stereocenters. The maximum atomic E-state index is 13.5. The summed E-state index contributed by atoms with van der Waals surface area (Å²) in [6.07, 6.45) is 6.30. The van der Waals surface area contributed by atoms with Gasteiger partial charge in [0, 0.05) is 29.6 Å². The molecule has 0 radical (unpaired) electrons. The first-order valence-corrected chi connectivity index (χ1v) is 18.8. The van der Waals surface area contributed by atoms with Crippen LogP contribution >= 0.6 is 11.6 Å². The quantitative estimate of drug-likeness (QED) is 0.396. The van der Waals surface area contributed by atoms with E-state index in [1.54, 1.807) is 25.1 Å². The van der Waals surface area contributed by atoms with Crippen LogP contribution in [0.1, 0.15) is 80.3 Å². The fourth-order valence-corrected chi connectivity index (χ4v) is 9.06. The lowest BCUT2D eigenvalue weighted by molar-refractivity contribution is -0.252. The molecule has 1 saturated carbocycles. The van der Waals surface area contributed by atoms with Gasteiger partial charge in [-0.05, 0) is 111 Å². The predicted octanol–water partition coefficient (Wildman–Crippen LogP) is 5.71. The molecule has 4 aliphatic rings. The van der Waals surface area contributed by atoms with E-state index in [9.17, 15) is 18.3 Å². The summed E-state index contributed by atoms with van der Waals surface area (Å²) in [5.41, 5.74) is 3.34. The van der Waals surface area contributed by atoms with E-state index in [1.807, 2.05) is 25.1 Å². The number of rotatable bonds is 1. The van der Waals surface area contributed by atoms with E-state index in [0.717, 1.165) is 69.3 Å². The van der Waals surface area contributed by atoms with Gasteiger partial charge in [-0.25, -0.2) is 13.1 Å². The summed E-state index contributed by atoms with van der Waals surface area (Å²) >= 11 is 6.35. The fourth-order valence-electron chi connectivity index (χ4n) is 7.55. The first-order valence-electron chi connectivity index (χ1n) is 16.9. The summed E-state index contributed by atoms with van der Waals surface area (Å²) in [5, 5.41) is 10.00. The van der Waals surface area contributed by atoms with Crippen LogP contribution in [0.3, 0.4) is 0 Å². The van der Waals surface area contributed by atoms with Crippen molar-refractivity contribution in [2.24, 2.45) is 23.7 Å². The van der Waals surface area contributed by atoms with Crippen LogP contribution in [-0.4, -0.2) is 63.4 Å². The Kier molecular flexibility index (Phi) is 10.5. The Morgan fingerprint density at radius 3 is 2.50 bits per heavy atom. The van der Waals surface area contributed by atoms with Crippen LogP contribution in [0, 0.1) is 23.7 Å². The van der Waals surface area contributed by atoms with E-state index in [2.05, 4.69) is 9.62 Å². The van der Waals surface area contributed by atoms with Gasteiger partial charge in [-0.2, -0.15) is 0 Å². The molecule has 11 heteroatoms. The number of anilines is 1. The lowest BCUT2D eigenvalue weighted by Gasteiger charge is -2.47. The maximum Gasteiger partial charge on any atom is 0.264 e. The SMILES string of the molecule is C[C@@H]1[C@@H](C)CCC[C@@H](C2OCC(O)CO2)[C@@H]2CC[C@H]2CN2CCCCc3cc(Cl)ccc3COc3ccc(cc32)C(=O)NS1(=O)=O. The zero-order valence-electron chi connectivity index (χ0n) is 26.8. The standard InChI is InChI=1S/C35H47ClN2O7S/c1-22-6-5-8-31(35-44-20-29(39)21-45-35)30-13-10-26(30)18-38-15-4-3-7-24-16-28(36)12-9-27(24)19-43-33-14-11-25(17-32(33)38)34(40)37-46(41,42)23(22)2/h9,11-12,14,16-17,22-23,26,29-31,35,39H,3-8,10,13,15,18-21H2,1-2H3,(H,37,40)/t22-,23+,26-,29?,30+,31+,35?/m0/s1. The van der Waals surface area contributed by atoms with Gasteiger partial charge >= 0.3 is 0 Å². The van der Waals surface area contributed by atoms with Gasteiger partial charge < -0.3 is 24.2 Å². The Balaban J connectivity index is 1.36. The zero-order chi connectivity index (χ0) is 32.4. The van der Waals surface area contributed by atoms with Crippen LogP contribution in [0.15, 0.2) is 36.4 Å². The number of aryl methyl sites for hydroxylation is 1.